The molecule has 0 radical (unpaired) electrons. The predicted molar refractivity (Wildman–Crippen MR) is 79.0 cm³/mol. The third-order valence-electron chi connectivity index (χ3n) is 4.14. The Labute approximate surface area is 109 Å². The molecule has 1 nitrogen and oxygen atoms in total. The Morgan fingerprint density at radius 1 is 0.889 bits per heavy atom. The lowest BCUT2D eigenvalue weighted by Crippen LogP contribution is -2.25. The van der Waals surface area contributed by atoms with Crippen LogP contribution in [-0.4, -0.2) is 6.04 Å². The molecule has 0 spiro atoms. The Kier molecular flexibility index (Phi) is 3.22. The topological polar surface area (TPSA) is 12.0 Å². The van der Waals surface area contributed by atoms with E-state index in [4.69, 9.17) is 0 Å². The van der Waals surface area contributed by atoms with Gasteiger partial charge in [0.2, 0.25) is 0 Å². The number of anilines is 1. The molecule has 0 heterocycles. The quantitative estimate of drug-likeness (QED) is 0.791. The zero-order chi connectivity index (χ0) is 12.4. The SMILES string of the molecule is C[C@H]1CC[C@@H](Nc2ccc3ccccc3c2)CC1. The Morgan fingerprint density at radius 2 is 1.61 bits per heavy atom. The van der Waals surface area contributed by atoms with E-state index in [1.165, 1.54) is 42.1 Å². The van der Waals surface area contributed by atoms with Crippen molar-refractivity contribution < 1.29 is 0 Å². The monoisotopic (exact) mass is 239 g/mol. The van der Waals surface area contributed by atoms with E-state index < -0.39 is 0 Å². The summed E-state index contributed by atoms with van der Waals surface area (Å²) < 4.78 is 0. The first-order valence-electron chi connectivity index (χ1n) is 7.06. The van der Waals surface area contributed by atoms with Gasteiger partial charge in [-0.3, -0.25) is 0 Å². The second-order valence-electron chi connectivity index (χ2n) is 5.66. The van der Waals surface area contributed by atoms with Crippen LogP contribution in [0.2, 0.25) is 0 Å². The maximum absolute atomic E-state index is 3.69. The van der Waals surface area contributed by atoms with Gasteiger partial charge in [0.05, 0.1) is 0 Å². The summed E-state index contributed by atoms with van der Waals surface area (Å²) in [6.45, 7) is 2.37. The van der Waals surface area contributed by atoms with Crippen LogP contribution >= 0.6 is 0 Å². The molecule has 2 aromatic rings. The largest absolute Gasteiger partial charge is 0.382 e. The molecule has 1 N–H and O–H groups in total. The fourth-order valence-corrected chi connectivity index (χ4v) is 2.92. The molecule has 0 amide bonds. The van der Waals surface area contributed by atoms with Gasteiger partial charge >= 0.3 is 0 Å². The molecule has 1 fully saturated rings. The maximum Gasteiger partial charge on any atom is 0.0348 e. The molecule has 1 heteroatoms. The van der Waals surface area contributed by atoms with Gasteiger partial charge in [-0.05, 0) is 54.5 Å². The van der Waals surface area contributed by atoms with Crippen LogP contribution in [0, 0.1) is 5.92 Å². The predicted octanol–water partition coefficient (Wildman–Crippen LogP) is 4.83. The van der Waals surface area contributed by atoms with E-state index in [0.29, 0.717) is 6.04 Å². The highest BCUT2D eigenvalue weighted by Crippen LogP contribution is 2.27. The van der Waals surface area contributed by atoms with Crippen LogP contribution in [0.3, 0.4) is 0 Å². The van der Waals surface area contributed by atoms with Gasteiger partial charge in [-0.2, -0.15) is 0 Å². The van der Waals surface area contributed by atoms with Crippen molar-refractivity contribution in [1.29, 1.82) is 0 Å². The lowest BCUT2D eigenvalue weighted by atomic mass is 9.87. The van der Waals surface area contributed by atoms with Crippen LogP contribution in [0.5, 0.6) is 0 Å². The lowest BCUT2D eigenvalue weighted by molar-refractivity contribution is 0.361. The number of fused-ring (bicyclic) bond motifs is 1. The zero-order valence-electron chi connectivity index (χ0n) is 11.0. The van der Waals surface area contributed by atoms with Crippen molar-refractivity contribution in [2.75, 3.05) is 5.32 Å². The van der Waals surface area contributed by atoms with Crippen LogP contribution in [0.15, 0.2) is 42.5 Å². The Hall–Kier alpha value is -1.50. The van der Waals surface area contributed by atoms with Crippen LogP contribution < -0.4 is 5.32 Å². The third-order valence-corrected chi connectivity index (χ3v) is 4.14. The van der Waals surface area contributed by atoms with Crippen molar-refractivity contribution >= 4 is 16.5 Å². The first kappa shape index (κ1) is 11.6. The number of hydrogen-bond donors (Lipinski definition) is 1. The van der Waals surface area contributed by atoms with Crippen molar-refractivity contribution in [1.82, 2.24) is 0 Å². The average Bonchev–Trinajstić information content (AvgIpc) is 2.41. The standard InChI is InChI=1S/C17H21N/c1-13-6-9-16(10-7-13)18-17-11-8-14-4-2-3-5-15(14)12-17/h2-5,8,11-13,16,18H,6-7,9-10H2,1H3/t13-,16+. The van der Waals surface area contributed by atoms with Gasteiger partial charge in [-0.1, -0.05) is 37.3 Å². The number of benzene rings is 2. The van der Waals surface area contributed by atoms with Crippen molar-refractivity contribution in [2.45, 2.75) is 38.6 Å². The first-order valence-corrected chi connectivity index (χ1v) is 7.06. The van der Waals surface area contributed by atoms with Gasteiger partial charge in [0, 0.05) is 11.7 Å². The molecule has 0 aliphatic heterocycles. The van der Waals surface area contributed by atoms with E-state index in [2.05, 4.69) is 54.7 Å². The van der Waals surface area contributed by atoms with Gasteiger partial charge in [0.15, 0.2) is 0 Å². The second kappa shape index (κ2) is 5.01. The molecular formula is C17H21N. The van der Waals surface area contributed by atoms with Gasteiger partial charge in [-0.15, -0.1) is 0 Å². The number of rotatable bonds is 2. The van der Waals surface area contributed by atoms with Crippen molar-refractivity contribution in [3.05, 3.63) is 42.5 Å². The van der Waals surface area contributed by atoms with E-state index in [0.717, 1.165) is 5.92 Å². The van der Waals surface area contributed by atoms with Gasteiger partial charge in [0.25, 0.3) is 0 Å². The molecule has 1 saturated carbocycles. The lowest BCUT2D eigenvalue weighted by Gasteiger charge is -2.27. The fourth-order valence-electron chi connectivity index (χ4n) is 2.92. The molecule has 1 aliphatic rings. The first-order chi connectivity index (χ1) is 8.81. The summed E-state index contributed by atoms with van der Waals surface area (Å²) in [6.07, 6.45) is 5.36. The molecule has 0 aromatic heterocycles. The van der Waals surface area contributed by atoms with Gasteiger partial charge < -0.3 is 5.32 Å². The van der Waals surface area contributed by atoms with Gasteiger partial charge in [-0.25, -0.2) is 0 Å². The molecule has 0 unspecified atom stereocenters. The van der Waals surface area contributed by atoms with Crippen LogP contribution in [0.25, 0.3) is 10.8 Å². The Bertz CT molecular complexity index is 524. The smallest absolute Gasteiger partial charge is 0.0348 e. The minimum atomic E-state index is 0.669. The van der Waals surface area contributed by atoms with E-state index >= 15 is 0 Å². The molecule has 2 aromatic carbocycles. The minimum Gasteiger partial charge on any atom is -0.382 e. The molecule has 3 rings (SSSR count). The summed E-state index contributed by atoms with van der Waals surface area (Å²) in [5.74, 6) is 0.916. The fraction of sp³-hybridized carbons (Fsp3) is 0.412. The summed E-state index contributed by atoms with van der Waals surface area (Å²) in [5.41, 5.74) is 1.27. The summed E-state index contributed by atoms with van der Waals surface area (Å²) in [7, 11) is 0. The molecule has 0 saturated heterocycles. The molecule has 1 aliphatic carbocycles. The molecular weight excluding hydrogens is 218 g/mol. The average molecular weight is 239 g/mol. The van der Waals surface area contributed by atoms with Crippen LogP contribution in [-0.2, 0) is 0 Å². The van der Waals surface area contributed by atoms with E-state index in [1.807, 2.05) is 0 Å². The third kappa shape index (κ3) is 2.50. The van der Waals surface area contributed by atoms with E-state index in [1.54, 1.807) is 0 Å². The Morgan fingerprint density at radius 3 is 2.39 bits per heavy atom. The van der Waals surface area contributed by atoms with Crippen LogP contribution in [0.1, 0.15) is 32.6 Å². The van der Waals surface area contributed by atoms with E-state index in [9.17, 15) is 0 Å². The maximum atomic E-state index is 3.69. The summed E-state index contributed by atoms with van der Waals surface area (Å²) in [6, 6.07) is 15.9. The molecule has 94 valence electrons. The van der Waals surface area contributed by atoms with E-state index in [-0.39, 0.29) is 0 Å². The Balaban J connectivity index is 1.74. The van der Waals surface area contributed by atoms with Crippen molar-refractivity contribution in [3.63, 3.8) is 0 Å². The molecule has 0 atom stereocenters. The highest BCUT2D eigenvalue weighted by atomic mass is 14.9. The summed E-state index contributed by atoms with van der Waals surface area (Å²) in [5, 5.41) is 6.34. The normalized spacial score (nSPS) is 24.1. The molecule has 18 heavy (non-hydrogen) atoms. The summed E-state index contributed by atoms with van der Waals surface area (Å²) in [4.78, 5) is 0. The summed E-state index contributed by atoms with van der Waals surface area (Å²) >= 11 is 0. The highest BCUT2D eigenvalue weighted by Gasteiger charge is 2.17. The van der Waals surface area contributed by atoms with Gasteiger partial charge in [0.1, 0.15) is 0 Å². The number of hydrogen-bond acceptors (Lipinski definition) is 1. The van der Waals surface area contributed by atoms with Crippen molar-refractivity contribution in [3.8, 4) is 0 Å². The van der Waals surface area contributed by atoms with Crippen LogP contribution in [0.4, 0.5) is 5.69 Å². The zero-order valence-corrected chi connectivity index (χ0v) is 11.0. The second-order valence-corrected chi connectivity index (χ2v) is 5.66. The number of nitrogens with one attached hydrogen (secondary N) is 1. The minimum absolute atomic E-state index is 0.669. The van der Waals surface area contributed by atoms with Crippen molar-refractivity contribution in [2.24, 2.45) is 5.92 Å². The molecule has 0 bridgehead atoms. The highest BCUT2D eigenvalue weighted by molar-refractivity contribution is 5.85.